The van der Waals surface area contributed by atoms with Gasteiger partial charge in [-0.3, -0.25) is 4.79 Å². The van der Waals surface area contributed by atoms with Gasteiger partial charge in [-0.2, -0.15) is 4.31 Å². The van der Waals surface area contributed by atoms with Gasteiger partial charge in [-0.25, -0.2) is 13.4 Å². The first kappa shape index (κ1) is 22.6. The number of sulfonamides is 1. The van der Waals surface area contributed by atoms with Gasteiger partial charge in [0, 0.05) is 63.6 Å². The second kappa shape index (κ2) is 9.50. The van der Waals surface area contributed by atoms with E-state index < -0.39 is 10.0 Å². The Morgan fingerprint density at radius 2 is 1.72 bits per heavy atom. The van der Waals surface area contributed by atoms with Crippen LogP contribution < -0.4 is 9.64 Å². The Balaban J connectivity index is 1.29. The molecule has 1 aromatic carbocycles. The average Bonchev–Trinajstić information content (AvgIpc) is 3.34. The average molecular weight is 462 g/mol. The Morgan fingerprint density at radius 3 is 2.28 bits per heavy atom. The lowest BCUT2D eigenvalue weighted by Gasteiger charge is -2.39. The van der Waals surface area contributed by atoms with E-state index in [0.29, 0.717) is 45.6 Å². The predicted octanol–water partition coefficient (Wildman–Crippen LogP) is 1.66. The molecule has 0 radical (unpaired) electrons. The van der Waals surface area contributed by atoms with E-state index in [1.54, 1.807) is 17.9 Å². The lowest BCUT2D eigenvalue weighted by atomic mass is 9.96. The van der Waals surface area contributed by atoms with Crippen molar-refractivity contribution in [3.8, 4) is 5.75 Å². The minimum atomic E-state index is -3.61. The summed E-state index contributed by atoms with van der Waals surface area (Å²) in [4.78, 5) is 21.3. The zero-order chi connectivity index (χ0) is 22.7. The fraction of sp³-hybridized carbons (Fsp3) is 0.545. The van der Waals surface area contributed by atoms with Gasteiger partial charge in [0.2, 0.25) is 5.91 Å². The summed E-state index contributed by atoms with van der Waals surface area (Å²) in [6.07, 6.45) is 4.19. The van der Waals surface area contributed by atoms with Crippen LogP contribution >= 0.6 is 0 Å². The Labute approximate surface area is 189 Å². The quantitative estimate of drug-likeness (QED) is 0.650. The van der Waals surface area contributed by atoms with Gasteiger partial charge in [-0.05, 0) is 44.0 Å². The van der Waals surface area contributed by atoms with Crippen LogP contribution in [0.15, 0.2) is 41.8 Å². The summed E-state index contributed by atoms with van der Waals surface area (Å²) in [6.45, 7) is 6.23. The number of methoxy groups -OCH3 is 1. The molecule has 0 unspecified atom stereocenters. The van der Waals surface area contributed by atoms with Crippen molar-refractivity contribution in [2.24, 2.45) is 5.92 Å². The molecule has 0 spiro atoms. The fourth-order valence-corrected chi connectivity index (χ4v) is 5.76. The van der Waals surface area contributed by atoms with E-state index in [2.05, 4.69) is 9.88 Å². The molecular formula is C22H31N5O4S. The van der Waals surface area contributed by atoms with Gasteiger partial charge < -0.3 is 19.1 Å². The monoisotopic (exact) mass is 461 g/mol. The van der Waals surface area contributed by atoms with E-state index in [9.17, 15) is 13.2 Å². The van der Waals surface area contributed by atoms with Crippen molar-refractivity contribution >= 4 is 21.6 Å². The summed E-state index contributed by atoms with van der Waals surface area (Å²) in [5.41, 5.74) is 1.13. The van der Waals surface area contributed by atoms with Crippen molar-refractivity contribution < 1.29 is 17.9 Å². The maximum atomic E-state index is 13.1. The first-order valence-electron chi connectivity index (χ1n) is 11.1. The number of carbonyl (C=O) groups is 1. The number of imidazole rings is 1. The highest BCUT2D eigenvalue weighted by molar-refractivity contribution is 7.89. The minimum Gasteiger partial charge on any atom is -0.497 e. The minimum absolute atomic E-state index is 0.0822. The van der Waals surface area contributed by atoms with Crippen LogP contribution in [0.25, 0.3) is 0 Å². The van der Waals surface area contributed by atoms with E-state index in [4.69, 9.17) is 4.74 Å². The van der Waals surface area contributed by atoms with Gasteiger partial charge in [-0.1, -0.05) is 0 Å². The highest BCUT2D eigenvalue weighted by Gasteiger charge is 2.35. The van der Waals surface area contributed by atoms with E-state index >= 15 is 0 Å². The van der Waals surface area contributed by atoms with Gasteiger partial charge in [0.15, 0.2) is 5.03 Å². The predicted molar refractivity (Wildman–Crippen MR) is 121 cm³/mol. The topological polar surface area (TPSA) is 88.0 Å². The molecule has 174 valence electrons. The number of nitrogens with zero attached hydrogens (tertiary/aromatic N) is 5. The number of hydrogen-bond donors (Lipinski definition) is 0. The smallest absolute Gasteiger partial charge is 0.262 e. The summed E-state index contributed by atoms with van der Waals surface area (Å²) in [6, 6.07) is 7.97. The third-order valence-corrected chi connectivity index (χ3v) is 8.20. The summed E-state index contributed by atoms with van der Waals surface area (Å²) in [7, 11) is -1.96. The molecule has 0 saturated carbocycles. The molecule has 2 aromatic rings. The van der Waals surface area contributed by atoms with Crippen LogP contribution in [0.5, 0.6) is 5.75 Å². The Morgan fingerprint density at radius 1 is 1.06 bits per heavy atom. The lowest BCUT2D eigenvalue weighted by molar-refractivity contribution is -0.137. The van der Waals surface area contributed by atoms with Gasteiger partial charge in [0.25, 0.3) is 10.0 Å². The number of ether oxygens (including phenoxy) is 1. The molecule has 3 heterocycles. The molecule has 2 aliphatic rings. The van der Waals surface area contributed by atoms with Crippen molar-refractivity contribution in [1.82, 2.24) is 18.8 Å². The molecule has 0 N–H and O–H groups in total. The fourth-order valence-electron chi connectivity index (χ4n) is 4.36. The van der Waals surface area contributed by atoms with Crippen LogP contribution in [0.2, 0.25) is 0 Å². The SMILES string of the molecule is CCn1cnc(S(=O)(=O)N2CCC(C(=O)N3CCN(c4ccc(OC)cc4)CC3)CC2)c1. The lowest BCUT2D eigenvalue weighted by Crippen LogP contribution is -2.52. The zero-order valence-electron chi connectivity index (χ0n) is 18.7. The number of amides is 1. The second-order valence-electron chi connectivity index (χ2n) is 8.23. The first-order chi connectivity index (χ1) is 15.4. The highest BCUT2D eigenvalue weighted by atomic mass is 32.2. The van der Waals surface area contributed by atoms with E-state index in [1.165, 1.54) is 10.6 Å². The number of piperazine rings is 1. The standard InChI is InChI=1S/C22H31N5O4S/c1-3-24-16-21(23-17-24)32(29,30)27-10-8-18(9-11-27)22(28)26-14-12-25(13-15-26)19-4-6-20(31-2)7-5-19/h4-7,16-18H,3,8-15H2,1-2H3. The zero-order valence-corrected chi connectivity index (χ0v) is 19.5. The molecule has 4 rings (SSSR count). The summed E-state index contributed by atoms with van der Waals surface area (Å²) in [5, 5.41) is 0.0822. The Hall–Kier alpha value is -2.59. The molecule has 32 heavy (non-hydrogen) atoms. The number of piperidine rings is 1. The van der Waals surface area contributed by atoms with Gasteiger partial charge >= 0.3 is 0 Å². The summed E-state index contributed by atoms with van der Waals surface area (Å²) < 4.78 is 34.1. The molecule has 0 aliphatic carbocycles. The van der Waals surface area contributed by atoms with Crippen LogP contribution in [-0.2, 0) is 21.4 Å². The molecule has 1 amide bonds. The second-order valence-corrected chi connectivity index (χ2v) is 10.1. The molecule has 2 aliphatic heterocycles. The van der Waals surface area contributed by atoms with Crippen LogP contribution in [-0.4, -0.2) is 79.5 Å². The van der Waals surface area contributed by atoms with Crippen molar-refractivity contribution in [2.75, 3.05) is 51.3 Å². The molecule has 1 aromatic heterocycles. The molecule has 10 heteroatoms. The first-order valence-corrected chi connectivity index (χ1v) is 12.6. The van der Waals surface area contributed by atoms with Gasteiger partial charge in [0.05, 0.1) is 13.4 Å². The Bertz CT molecular complexity index is 1020. The molecule has 0 bridgehead atoms. The number of aryl methyl sites for hydroxylation is 1. The van der Waals surface area contributed by atoms with Crippen LogP contribution in [0.3, 0.4) is 0 Å². The molecular weight excluding hydrogens is 430 g/mol. The van der Waals surface area contributed by atoms with Crippen molar-refractivity contribution in [2.45, 2.75) is 31.3 Å². The number of anilines is 1. The Kier molecular flexibility index (Phi) is 6.71. The normalized spacial score (nSPS) is 18.7. The van der Waals surface area contributed by atoms with E-state index in [-0.39, 0.29) is 16.9 Å². The van der Waals surface area contributed by atoms with Crippen molar-refractivity contribution in [3.05, 3.63) is 36.8 Å². The van der Waals surface area contributed by atoms with Crippen molar-refractivity contribution in [1.29, 1.82) is 0 Å². The van der Waals surface area contributed by atoms with Crippen LogP contribution in [0, 0.1) is 5.92 Å². The number of aromatic nitrogens is 2. The maximum Gasteiger partial charge on any atom is 0.262 e. The summed E-state index contributed by atoms with van der Waals surface area (Å²) in [5.74, 6) is 0.850. The maximum absolute atomic E-state index is 13.1. The molecule has 9 nitrogen and oxygen atoms in total. The highest BCUT2D eigenvalue weighted by Crippen LogP contribution is 2.26. The largest absolute Gasteiger partial charge is 0.497 e. The molecule has 2 fully saturated rings. The number of rotatable bonds is 6. The van der Waals surface area contributed by atoms with E-state index in [0.717, 1.165) is 24.5 Å². The number of carbonyl (C=O) groups excluding carboxylic acids is 1. The van der Waals surface area contributed by atoms with E-state index in [1.807, 2.05) is 36.1 Å². The number of hydrogen-bond acceptors (Lipinski definition) is 6. The summed E-state index contributed by atoms with van der Waals surface area (Å²) >= 11 is 0. The van der Waals surface area contributed by atoms with Gasteiger partial charge in [0.1, 0.15) is 5.75 Å². The van der Waals surface area contributed by atoms with Crippen LogP contribution in [0.4, 0.5) is 5.69 Å². The van der Waals surface area contributed by atoms with Gasteiger partial charge in [-0.15, -0.1) is 0 Å². The molecule has 2 saturated heterocycles. The number of benzene rings is 1. The van der Waals surface area contributed by atoms with Crippen LogP contribution in [0.1, 0.15) is 19.8 Å². The molecule has 0 atom stereocenters. The van der Waals surface area contributed by atoms with Crippen molar-refractivity contribution in [3.63, 3.8) is 0 Å². The third kappa shape index (κ3) is 4.61. The third-order valence-electron chi connectivity index (χ3n) is 6.41.